The first kappa shape index (κ1) is 18.0. The molecule has 0 aliphatic carbocycles. The second-order valence-electron chi connectivity index (χ2n) is 7.11. The standard InChI is InChI=1S/C19H21N7O2/c1-24-17(27)15-16(23-19(24)28)22-18(25-8-4-7-14(21)11-25)26(15)10-13-6-3-2-5-12(13)9-20/h2-3,5-6,14H,4,7-8,10-11,21H2,1H3,(H,23,28). The molecule has 0 amide bonds. The number of nitriles is 1. The minimum absolute atomic E-state index is 0.0234. The molecule has 0 bridgehead atoms. The Labute approximate surface area is 160 Å². The van der Waals surface area contributed by atoms with Gasteiger partial charge in [0.2, 0.25) is 5.95 Å². The molecule has 1 atom stereocenters. The molecule has 3 N–H and O–H groups in total. The number of hydrogen-bond acceptors (Lipinski definition) is 6. The van der Waals surface area contributed by atoms with E-state index in [1.54, 1.807) is 16.7 Å². The van der Waals surface area contributed by atoms with Crippen molar-refractivity contribution in [2.24, 2.45) is 12.8 Å². The zero-order valence-electron chi connectivity index (χ0n) is 15.6. The summed E-state index contributed by atoms with van der Waals surface area (Å²) in [6, 6.07) is 9.46. The molecule has 144 valence electrons. The molecule has 1 aliphatic heterocycles. The Bertz CT molecular complexity index is 1200. The number of rotatable bonds is 3. The zero-order chi connectivity index (χ0) is 19.8. The number of nitrogens with two attached hydrogens (primary N) is 1. The number of aromatic nitrogens is 4. The van der Waals surface area contributed by atoms with Gasteiger partial charge in [-0.05, 0) is 24.5 Å². The van der Waals surface area contributed by atoms with Crippen LogP contribution in [-0.2, 0) is 13.6 Å². The first-order valence-corrected chi connectivity index (χ1v) is 9.17. The van der Waals surface area contributed by atoms with E-state index in [1.807, 2.05) is 17.0 Å². The molecule has 1 fully saturated rings. The summed E-state index contributed by atoms with van der Waals surface area (Å²) in [5.74, 6) is 0.580. The summed E-state index contributed by atoms with van der Waals surface area (Å²) >= 11 is 0. The highest BCUT2D eigenvalue weighted by atomic mass is 16.2. The Balaban J connectivity index is 1.94. The fraction of sp³-hybridized carbons (Fsp3) is 0.368. The van der Waals surface area contributed by atoms with Gasteiger partial charge in [-0.15, -0.1) is 0 Å². The summed E-state index contributed by atoms with van der Waals surface area (Å²) in [5.41, 5.74) is 7.07. The van der Waals surface area contributed by atoms with Gasteiger partial charge in [-0.2, -0.15) is 10.2 Å². The number of H-pyrrole nitrogens is 1. The Morgan fingerprint density at radius 3 is 2.89 bits per heavy atom. The van der Waals surface area contributed by atoms with Crippen LogP contribution in [0, 0.1) is 11.3 Å². The number of benzene rings is 1. The van der Waals surface area contributed by atoms with E-state index in [0.717, 1.165) is 29.5 Å². The molecule has 3 aromatic rings. The quantitative estimate of drug-likeness (QED) is 0.673. The molecule has 9 heteroatoms. The predicted molar refractivity (Wildman–Crippen MR) is 105 cm³/mol. The molecular formula is C19H21N7O2. The Hall–Kier alpha value is -3.38. The number of aromatic amines is 1. The topological polar surface area (TPSA) is 126 Å². The van der Waals surface area contributed by atoms with Crippen molar-refractivity contribution in [2.75, 3.05) is 18.0 Å². The van der Waals surface area contributed by atoms with Gasteiger partial charge in [0.05, 0.1) is 18.2 Å². The first-order valence-electron chi connectivity index (χ1n) is 9.17. The number of nitrogens with one attached hydrogen (secondary N) is 1. The van der Waals surface area contributed by atoms with Crippen LogP contribution in [0.4, 0.5) is 5.95 Å². The minimum Gasteiger partial charge on any atom is -0.341 e. The van der Waals surface area contributed by atoms with Gasteiger partial charge in [0.15, 0.2) is 11.2 Å². The minimum atomic E-state index is -0.513. The molecule has 1 aromatic carbocycles. The SMILES string of the molecule is Cn1c(=O)[nH]c2nc(N3CCCC(N)C3)n(Cc3ccccc3C#N)c2c1=O. The second kappa shape index (κ2) is 6.98. The fourth-order valence-corrected chi connectivity index (χ4v) is 3.70. The van der Waals surface area contributed by atoms with Crippen LogP contribution in [-0.4, -0.2) is 38.2 Å². The van der Waals surface area contributed by atoms with E-state index >= 15 is 0 Å². The monoisotopic (exact) mass is 379 g/mol. The average Bonchev–Trinajstić information content (AvgIpc) is 3.04. The van der Waals surface area contributed by atoms with E-state index < -0.39 is 11.2 Å². The summed E-state index contributed by atoms with van der Waals surface area (Å²) in [4.78, 5) is 34.2. The third-order valence-electron chi connectivity index (χ3n) is 5.19. The third-order valence-corrected chi connectivity index (χ3v) is 5.19. The normalized spacial score (nSPS) is 17.0. The number of piperidine rings is 1. The summed E-state index contributed by atoms with van der Waals surface area (Å²) in [7, 11) is 1.43. The van der Waals surface area contributed by atoms with Crippen LogP contribution in [0.15, 0.2) is 33.9 Å². The highest BCUT2D eigenvalue weighted by Crippen LogP contribution is 2.24. The van der Waals surface area contributed by atoms with Crippen molar-refractivity contribution >= 4 is 17.1 Å². The molecule has 3 heterocycles. The number of nitrogens with zero attached hydrogens (tertiary/aromatic N) is 5. The van der Waals surface area contributed by atoms with Crippen molar-refractivity contribution in [3.05, 3.63) is 56.2 Å². The molecular weight excluding hydrogens is 358 g/mol. The molecule has 2 aromatic heterocycles. The maximum Gasteiger partial charge on any atom is 0.329 e. The molecule has 4 rings (SSSR count). The van der Waals surface area contributed by atoms with Gasteiger partial charge in [0.25, 0.3) is 5.56 Å². The summed E-state index contributed by atoms with van der Waals surface area (Å²) in [6.45, 7) is 1.68. The van der Waals surface area contributed by atoms with E-state index in [4.69, 9.17) is 5.73 Å². The number of anilines is 1. The van der Waals surface area contributed by atoms with Crippen LogP contribution in [0.1, 0.15) is 24.0 Å². The lowest BCUT2D eigenvalue weighted by molar-refractivity contribution is 0.495. The molecule has 0 spiro atoms. The smallest absolute Gasteiger partial charge is 0.329 e. The van der Waals surface area contributed by atoms with E-state index in [9.17, 15) is 14.9 Å². The Morgan fingerprint density at radius 2 is 2.14 bits per heavy atom. The average molecular weight is 379 g/mol. The van der Waals surface area contributed by atoms with E-state index in [-0.39, 0.29) is 11.7 Å². The van der Waals surface area contributed by atoms with Crippen molar-refractivity contribution in [3.8, 4) is 6.07 Å². The third kappa shape index (κ3) is 2.97. The van der Waals surface area contributed by atoms with Gasteiger partial charge in [-0.25, -0.2) is 4.79 Å². The molecule has 1 aliphatic rings. The summed E-state index contributed by atoms with van der Waals surface area (Å²) < 4.78 is 2.81. The van der Waals surface area contributed by atoms with Gasteiger partial charge >= 0.3 is 5.69 Å². The summed E-state index contributed by atoms with van der Waals surface area (Å²) in [6.07, 6.45) is 1.86. The molecule has 1 unspecified atom stereocenters. The molecule has 9 nitrogen and oxygen atoms in total. The van der Waals surface area contributed by atoms with Crippen LogP contribution < -0.4 is 21.9 Å². The molecule has 28 heavy (non-hydrogen) atoms. The van der Waals surface area contributed by atoms with Crippen LogP contribution in [0.5, 0.6) is 0 Å². The molecule has 0 radical (unpaired) electrons. The van der Waals surface area contributed by atoms with Crippen molar-refractivity contribution in [1.82, 2.24) is 19.1 Å². The van der Waals surface area contributed by atoms with Crippen molar-refractivity contribution in [1.29, 1.82) is 5.26 Å². The van der Waals surface area contributed by atoms with Crippen molar-refractivity contribution < 1.29 is 0 Å². The van der Waals surface area contributed by atoms with Crippen molar-refractivity contribution in [3.63, 3.8) is 0 Å². The van der Waals surface area contributed by atoms with Crippen molar-refractivity contribution in [2.45, 2.75) is 25.4 Å². The maximum atomic E-state index is 12.8. The lowest BCUT2D eigenvalue weighted by Crippen LogP contribution is -2.44. The lowest BCUT2D eigenvalue weighted by atomic mass is 10.1. The van der Waals surface area contributed by atoms with Crippen LogP contribution in [0.25, 0.3) is 11.2 Å². The van der Waals surface area contributed by atoms with Crippen LogP contribution >= 0.6 is 0 Å². The molecule has 1 saturated heterocycles. The fourth-order valence-electron chi connectivity index (χ4n) is 3.70. The first-order chi connectivity index (χ1) is 13.5. The number of fused-ring (bicyclic) bond motifs is 1. The highest BCUT2D eigenvalue weighted by molar-refractivity contribution is 5.74. The largest absolute Gasteiger partial charge is 0.341 e. The van der Waals surface area contributed by atoms with Gasteiger partial charge < -0.3 is 10.6 Å². The zero-order valence-corrected chi connectivity index (χ0v) is 15.6. The van der Waals surface area contributed by atoms with Crippen LogP contribution in [0.3, 0.4) is 0 Å². The molecule has 0 saturated carbocycles. The maximum absolute atomic E-state index is 12.8. The van der Waals surface area contributed by atoms with Crippen LogP contribution in [0.2, 0.25) is 0 Å². The van der Waals surface area contributed by atoms with E-state index in [2.05, 4.69) is 16.0 Å². The lowest BCUT2D eigenvalue weighted by Gasteiger charge is -2.31. The predicted octanol–water partition coefficient (Wildman–Crippen LogP) is 0.271. The van der Waals surface area contributed by atoms with Gasteiger partial charge in [-0.3, -0.25) is 18.9 Å². The summed E-state index contributed by atoms with van der Waals surface area (Å²) in [5, 5.41) is 9.43. The van der Waals surface area contributed by atoms with Gasteiger partial charge in [0, 0.05) is 26.2 Å². The van der Waals surface area contributed by atoms with E-state index in [0.29, 0.717) is 30.1 Å². The Morgan fingerprint density at radius 1 is 1.36 bits per heavy atom. The Kier molecular flexibility index (Phi) is 4.49. The van der Waals surface area contributed by atoms with Gasteiger partial charge in [-0.1, -0.05) is 18.2 Å². The van der Waals surface area contributed by atoms with E-state index in [1.165, 1.54) is 7.05 Å². The number of imidazole rings is 1. The number of hydrogen-bond donors (Lipinski definition) is 2. The highest BCUT2D eigenvalue weighted by Gasteiger charge is 2.25. The van der Waals surface area contributed by atoms with Gasteiger partial charge in [0.1, 0.15) is 0 Å². The second-order valence-corrected chi connectivity index (χ2v) is 7.11.